The summed E-state index contributed by atoms with van der Waals surface area (Å²) in [6, 6.07) is 2.06. The third-order valence-electron chi connectivity index (χ3n) is 2.40. The molecule has 0 radical (unpaired) electrons. The van der Waals surface area contributed by atoms with Crippen molar-refractivity contribution in [3.8, 4) is 11.3 Å². The number of rotatable bonds is 1. The summed E-state index contributed by atoms with van der Waals surface area (Å²) in [5.41, 5.74) is 11.7. The van der Waals surface area contributed by atoms with Crippen LogP contribution >= 0.6 is 0 Å². The number of nitrogen functional groups attached to an aromatic ring is 1. The van der Waals surface area contributed by atoms with Crippen LogP contribution in [0.5, 0.6) is 0 Å². The zero-order valence-corrected chi connectivity index (χ0v) is 8.60. The fraction of sp³-hybridized carbons (Fsp3) is 0.300. The summed E-state index contributed by atoms with van der Waals surface area (Å²) in [4.78, 5) is 3.23. The number of nitrogens with zero attached hydrogens (tertiary/aromatic N) is 1. The Labute approximate surface area is 82.5 Å². The van der Waals surface area contributed by atoms with Crippen LogP contribution in [0, 0.1) is 20.8 Å². The highest BCUT2D eigenvalue weighted by atomic mass is 15.1. The van der Waals surface area contributed by atoms with Gasteiger partial charge < -0.3 is 10.7 Å². The van der Waals surface area contributed by atoms with Crippen molar-refractivity contribution in [1.29, 1.82) is 0 Å². The predicted molar refractivity (Wildman–Crippen MR) is 57.0 cm³/mol. The summed E-state index contributed by atoms with van der Waals surface area (Å²) in [7, 11) is 0. The number of nitrogens with two attached hydrogens (primary N) is 1. The molecule has 0 bridgehead atoms. The van der Waals surface area contributed by atoms with E-state index in [-0.39, 0.29) is 0 Å². The molecule has 2 aromatic heterocycles. The Hall–Kier alpha value is -1.71. The second-order valence-electron chi connectivity index (χ2n) is 3.60. The Morgan fingerprint density at radius 2 is 1.93 bits per heavy atom. The van der Waals surface area contributed by atoms with E-state index in [4.69, 9.17) is 5.73 Å². The molecule has 0 spiro atoms. The van der Waals surface area contributed by atoms with Crippen LogP contribution in [-0.4, -0.2) is 15.2 Å². The van der Waals surface area contributed by atoms with Crippen molar-refractivity contribution >= 4 is 5.69 Å². The van der Waals surface area contributed by atoms with Crippen LogP contribution < -0.4 is 5.73 Å². The normalized spacial score (nSPS) is 10.8. The number of nitrogens with one attached hydrogen (secondary N) is 2. The van der Waals surface area contributed by atoms with Gasteiger partial charge in [0.15, 0.2) is 0 Å². The summed E-state index contributed by atoms with van der Waals surface area (Å²) in [5, 5.41) is 7.07. The number of aryl methyl sites for hydroxylation is 3. The SMILES string of the molecule is Cc1cc(-c2n[nH]c(C)c2N)c(C)[nH]1. The van der Waals surface area contributed by atoms with Crippen LogP contribution in [0.1, 0.15) is 17.1 Å². The van der Waals surface area contributed by atoms with Gasteiger partial charge in [-0.05, 0) is 26.8 Å². The number of hydrogen-bond donors (Lipinski definition) is 3. The lowest BCUT2D eigenvalue weighted by Gasteiger charge is -1.96. The number of H-pyrrole nitrogens is 2. The van der Waals surface area contributed by atoms with Gasteiger partial charge in [-0.15, -0.1) is 0 Å². The van der Waals surface area contributed by atoms with Gasteiger partial charge in [-0.3, -0.25) is 5.10 Å². The van der Waals surface area contributed by atoms with Gasteiger partial charge in [0.1, 0.15) is 5.69 Å². The van der Waals surface area contributed by atoms with Crippen LogP contribution in [0.4, 0.5) is 5.69 Å². The summed E-state index contributed by atoms with van der Waals surface area (Å²) in [5.74, 6) is 0. The van der Waals surface area contributed by atoms with Crippen LogP contribution in [0.2, 0.25) is 0 Å². The highest BCUT2D eigenvalue weighted by molar-refractivity contribution is 5.76. The molecule has 0 amide bonds. The largest absolute Gasteiger partial charge is 0.395 e. The molecule has 4 N–H and O–H groups in total. The molecule has 2 heterocycles. The van der Waals surface area contributed by atoms with Crippen molar-refractivity contribution in [2.75, 3.05) is 5.73 Å². The Morgan fingerprint density at radius 1 is 1.21 bits per heavy atom. The second-order valence-corrected chi connectivity index (χ2v) is 3.60. The molecule has 2 aromatic rings. The molecule has 0 aliphatic heterocycles. The van der Waals surface area contributed by atoms with E-state index < -0.39 is 0 Å². The van der Waals surface area contributed by atoms with Gasteiger partial charge >= 0.3 is 0 Å². The van der Waals surface area contributed by atoms with Crippen molar-refractivity contribution in [3.63, 3.8) is 0 Å². The minimum atomic E-state index is 0.729. The lowest BCUT2D eigenvalue weighted by molar-refractivity contribution is 1.05. The van der Waals surface area contributed by atoms with Gasteiger partial charge in [-0.2, -0.15) is 5.10 Å². The monoisotopic (exact) mass is 190 g/mol. The van der Waals surface area contributed by atoms with Crippen LogP contribution in [-0.2, 0) is 0 Å². The maximum Gasteiger partial charge on any atom is 0.117 e. The van der Waals surface area contributed by atoms with E-state index in [9.17, 15) is 0 Å². The zero-order valence-electron chi connectivity index (χ0n) is 8.60. The van der Waals surface area contributed by atoms with Gasteiger partial charge in [-0.25, -0.2) is 0 Å². The van der Waals surface area contributed by atoms with Crippen LogP contribution in [0.15, 0.2) is 6.07 Å². The van der Waals surface area contributed by atoms with Gasteiger partial charge in [0.05, 0.1) is 11.4 Å². The molecule has 0 unspecified atom stereocenters. The lowest BCUT2D eigenvalue weighted by Crippen LogP contribution is -1.88. The van der Waals surface area contributed by atoms with Crippen molar-refractivity contribution in [3.05, 3.63) is 23.1 Å². The van der Waals surface area contributed by atoms with Gasteiger partial charge in [-0.1, -0.05) is 0 Å². The Balaban J connectivity index is 2.59. The number of aromatic amines is 2. The summed E-state index contributed by atoms with van der Waals surface area (Å²) in [6.07, 6.45) is 0. The Bertz CT molecular complexity index is 464. The van der Waals surface area contributed by atoms with E-state index >= 15 is 0 Å². The molecule has 4 heteroatoms. The quantitative estimate of drug-likeness (QED) is 0.642. The van der Waals surface area contributed by atoms with E-state index in [0.29, 0.717) is 0 Å². The molecule has 0 saturated heterocycles. The van der Waals surface area contributed by atoms with Gasteiger partial charge in [0.2, 0.25) is 0 Å². The average Bonchev–Trinajstić information content (AvgIpc) is 2.59. The first-order valence-electron chi connectivity index (χ1n) is 4.56. The third-order valence-corrected chi connectivity index (χ3v) is 2.40. The van der Waals surface area contributed by atoms with Crippen molar-refractivity contribution < 1.29 is 0 Å². The Morgan fingerprint density at radius 3 is 2.36 bits per heavy atom. The fourth-order valence-corrected chi connectivity index (χ4v) is 1.61. The number of hydrogen-bond acceptors (Lipinski definition) is 2. The summed E-state index contributed by atoms with van der Waals surface area (Å²) < 4.78 is 0. The molecule has 0 fully saturated rings. The molecular weight excluding hydrogens is 176 g/mol. The first kappa shape index (κ1) is 8.87. The summed E-state index contributed by atoms with van der Waals surface area (Å²) >= 11 is 0. The molecule has 0 saturated carbocycles. The molecule has 0 aromatic carbocycles. The van der Waals surface area contributed by atoms with E-state index in [2.05, 4.69) is 21.2 Å². The molecular formula is C10H14N4. The van der Waals surface area contributed by atoms with Crippen molar-refractivity contribution in [2.24, 2.45) is 0 Å². The predicted octanol–water partition coefficient (Wildman–Crippen LogP) is 1.91. The fourth-order valence-electron chi connectivity index (χ4n) is 1.61. The molecule has 4 nitrogen and oxygen atoms in total. The van der Waals surface area contributed by atoms with Gasteiger partial charge in [0.25, 0.3) is 0 Å². The van der Waals surface area contributed by atoms with Gasteiger partial charge in [0, 0.05) is 17.0 Å². The zero-order chi connectivity index (χ0) is 10.3. The van der Waals surface area contributed by atoms with E-state index in [1.54, 1.807) is 0 Å². The first-order valence-corrected chi connectivity index (χ1v) is 4.56. The van der Waals surface area contributed by atoms with E-state index in [1.807, 2.05) is 20.8 Å². The smallest absolute Gasteiger partial charge is 0.117 e. The first-order chi connectivity index (χ1) is 6.59. The minimum absolute atomic E-state index is 0.729. The Kier molecular flexibility index (Phi) is 1.84. The second kappa shape index (κ2) is 2.90. The van der Waals surface area contributed by atoms with E-state index in [0.717, 1.165) is 34.0 Å². The number of aromatic nitrogens is 3. The van der Waals surface area contributed by atoms with Crippen LogP contribution in [0.3, 0.4) is 0 Å². The molecule has 74 valence electrons. The molecule has 2 rings (SSSR count). The maximum atomic E-state index is 5.91. The molecule has 0 aliphatic rings. The van der Waals surface area contributed by atoms with Crippen molar-refractivity contribution in [2.45, 2.75) is 20.8 Å². The standard InChI is InChI=1S/C10H14N4/c1-5-4-8(6(2)12-5)10-9(11)7(3)13-14-10/h4,12H,11H2,1-3H3,(H,13,14). The highest BCUT2D eigenvalue weighted by Gasteiger charge is 2.12. The summed E-state index contributed by atoms with van der Waals surface area (Å²) in [6.45, 7) is 5.96. The molecule has 0 aliphatic carbocycles. The van der Waals surface area contributed by atoms with E-state index in [1.165, 1.54) is 0 Å². The number of anilines is 1. The minimum Gasteiger partial charge on any atom is -0.395 e. The molecule has 14 heavy (non-hydrogen) atoms. The lowest BCUT2D eigenvalue weighted by atomic mass is 10.1. The maximum absolute atomic E-state index is 5.91. The van der Waals surface area contributed by atoms with Crippen LogP contribution in [0.25, 0.3) is 11.3 Å². The topological polar surface area (TPSA) is 70.5 Å². The highest BCUT2D eigenvalue weighted by Crippen LogP contribution is 2.28. The van der Waals surface area contributed by atoms with Crippen molar-refractivity contribution in [1.82, 2.24) is 15.2 Å². The average molecular weight is 190 g/mol. The third kappa shape index (κ3) is 1.19. The molecule has 0 atom stereocenters.